The van der Waals surface area contributed by atoms with Crippen LogP contribution in [-0.4, -0.2) is 35.8 Å². The predicted octanol–water partition coefficient (Wildman–Crippen LogP) is 3.11. The Morgan fingerprint density at radius 3 is 2.60 bits per heavy atom. The van der Waals surface area contributed by atoms with E-state index in [1.807, 2.05) is 38.1 Å². The highest BCUT2D eigenvalue weighted by Crippen LogP contribution is 2.27. The Kier molecular flexibility index (Phi) is 8.93. The maximum absolute atomic E-state index is 12.6. The summed E-state index contributed by atoms with van der Waals surface area (Å²) in [5, 5.41) is 2.90. The minimum absolute atomic E-state index is 0. The number of benzene rings is 1. The van der Waals surface area contributed by atoms with Crippen molar-refractivity contribution in [3.63, 3.8) is 0 Å². The third-order valence-corrected chi connectivity index (χ3v) is 4.75. The second-order valence-corrected chi connectivity index (χ2v) is 6.74. The van der Waals surface area contributed by atoms with Crippen LogP contribution < -0.4 is 11.1 Å². The van der Waals surface area contributed by atoms with Crippen molar-refractivity contribution in [3.8, 4) is 0 Å². The smallest absolute Gasteiger partial charge is 0.244 e. The summed E-state index contributed by atoms with van der Waals surface area (Å²) in [5.41, 5.74) is 7.88. The number of rotatable bonds is 7. The minimum atomic E-state index is -0.151. The molecular formula is C19H30ClN3O2. The molecule has 1 aliphatic rings. The molecular weight excluding hydrogens is 338 g/mol. The number of amides is 2. The van der Waals surface area contributed by atoms with Gasteiger partial charge in [-0.3, -0.25) is 9.59 Å². The van der Waals surface area contributed by atoms with Crippen molar-refractivity contribution < 1.29 is 9.59 Å². The molecule has 140 valence electrons. The van der Waals surface area contributed by atoms with Crippen molar-refractivity contribution in [1.82, 2.24) is 4.90 Å². The van der Waals surface area contributed by atoms with Crippen LogP contribution in [0.4, 0.5) is 5.69 Å². The second kappa shape index (κ2) is 10.4. The molecule has 0 unspecified atom stereocenters. The quantitative estimate of drug-likeness (QED) is 0.777. The van der Waals surface area contributed by atoms with Crippen LogP contribution >= 0.6 is 12.4 Å². The molecule has 0 saturated heterocycles. The Balaban J connectivity index is 0.00000312. The van der Waals surface area contributed by atoms with Crippen molar-refractivity contribution in [2.24, 2.45) is 11.7 Å². The van der Waals surface area contributed by atoms with Gasteiger partial charge in [-0.25, -0.2) is 0 Å². The van der Waals surface area contributed by atoms with Crippen LogP contribution in [-0.2, 0) is 9.59 Å². The second-order valence-electron chi connectivity index (χ2n) is 6.74. The van der Waals surface area contributed by atoms with Crippen molar-refractivity contribution in [1.29, 1.82) is 0 Å². The molecule has 2 atom stereocenters. The number of nitrogens with two attached hydrogens (primary N) is 1. The molecule has 2 amide bonds. The lowest BCUT2D eigenvalue weighted by Gasteiger charge is -2.24. The van der Waals surface area contributed by atoms with Crippen LogP contribution in [0.1, 0.15) is 44.6 Å². The molecule has 0 heterocycles. The van der Waals surface area contributed by atoms with E-state index in [-0.39, 0.29) is 42.7 Å². The van der Waals surface area contributed by atoms with Gasteiger partial charge in [0.1, 0.15) is 0 Å². The van der Waals surface area contributed by atoms with E-state index >= 15 is 0 Å². The maximum Gasteiger partial charge on any atom is 0.244 e. The SMILES string of the molecule is CCCN(CC(=O)Nc1ccccc1C)C(=O)C[C@@H]1CCC[C@H]1N.Cl. The van der Waals surface area contributed by atoms with E-state index in [1.54, 1.807) is 4.90 Å². The van der Waals surface area contributed by atoms with Gasteiger partial charge in [0.2, 0.25) is 11.8 Å². The van der Waals surface area contributed by atoms with Gasteiger partial charge < -0.3 is 16.0 Å². The van der Waals surface area contributed by atoms with Gasteiger partial charge >= 0.3 is 0 Å². The standard InChI is InChI=1S/C19H29N3O2.ClH/c1-3-11-22(19(24)12-15-8-6-9-16(15)20)13-18(23)21-17-10-5-4-7-14(17)2;/h4-5,7,10,15-16H,3,6,8-9,11-13,20H2,1-2H3,(H,21,23);1H/t15-,16+;/m0./s1. The summed E-state index contributed by atoms with van der Waals surface area (Å²) in [5.74, 6) is 0.150. The fourth-order valence-electron chi connectivity index (χ4n) is 3.31. The van der Waals surface area contributed by atoms with Gasteiger partial charge in [0, 0.05) is 24.7 Å². The fraction of sp³-hybridized carbons (Fsp3) is 0.579. The highest BCUT2D eigenvalue weighted by molar-refractivity contribution is 5.95. The van der Waals surface area contributed by atoms with Gasteiger partial charge in [-0.05, 0) is 43.7 Å². The molecule has 2 rings (SSSR count). The van der Waals surface area contributed by atoms with Gasteiger partial charge in [-0.15, -0.1) is 12.4 Å². The molecule has 0 radical (unpaired) electrons. The van der Waals surface area contributed by atoms with E-state index in [0.717, 1.165) is 36.9 Å². The Labute approximate surface area is 156 Å². The first-order chi connectivity index (χ1) is 11.5. The average Bonchev–Trinajstić information content (AvgIpc) is 2.94. The molecule has 1 aromatic rings. The molecule has 1 fully saturated rings. The zero-order chi connectivity index (χ0) is 17.5. The van der Waals surface area contributed by atoms with E-state index in [2.05, 4.69) is 5.32 Å². The van der Waals surface area contributed by atoms with E-state index in [0.29, 0.717) is 13.0 Å². The predicted molar refractivity (Wildman–Crippen MR) is 104 cm³/mol. The van der Waals surface area contributed by atoms with E-state index in [1.165, 1.54) is 0 Å². The Hall–Kier alpha value is -1.59. The van der Waals surface area contributed by atoms with Crippen LogP contribution in [0.5, 0.6) is 0 Å². The van der Waals surface area contributed by atoms with Crippen molar-refractivity contribution in [2.45, 2.75) is 52.0 Å². The molecule has 0 aromatic heterocycles. The highest BCUT2D eigenvalue weighted by atomic mass is 35.5. The van der Waals surface area contributed by atoms with Gasteiger partial charge in [0.15, 0.2) is 0 Å². The number of anilines is 1. The summed E-state index contributed by atoms with van der Waals surface area (Å²) >= 11 is 0. The van der Waals surface area contributed by atoms with Crippen LogP contribution in [0.25, 0.3) is 0 Å². The summed E-state index contributed by atoms with van der Waals surface area (Å²) in [4.78, 5) is 26.6. The minimum Gasteiger partial charge on any atom is -0.333 e. The van der Waals surface area contributed by atoms with Crippen molar-refractivity contribution in [2.75, 3.05) is 18.4 Å². The number of hydrogen-bond acceptors (Lipinski definition) is 3. The van der Waals surface area contributed by atoms with Gasteiger partial charge in [0.25, 0.3) is 0 Å². The van der Waals surface area contributed by atoms with Gasteiger partial charge in [0.05, 0.1) is 6.54 Å². The molecule has 1 aromatic carbocycles. The third-order valence-electron chi connectivity index (χ3n) is 4.75. The summed E-state index contributed by atoms with van der Waals surface area (Å²) in [7, 11) is 0. The van der Waals surface area contributed by atoms with Gasteiger partial charge in [-0.2, -0.15) is 0 Å². The lowest BCUT2D eigenvalue weighted by Crippen LogP contribution is -2.40. The molecule has 1 saturated carbocycles. The molecule has 3 N–H and O–H groups in total. The number of aryl methyl sites for hydroxylation is 1. The number of carbonyl (C=O) groups is 2. The summed E-state index contributed by atoms with van der Waals surface area (Å²) < 4.78 is 0. The van der Waals surface area contributed by atoms with Gasteiger partial charge in [-0.1, -0.05) is 31.5 Å². The zero-order valence-corrected chi connectivity index (χ0v) is 16.0. The Morgan fingerprint density at radius 2 is 2.00 bits per heavy atom. The summed E-state index contributed by atoms with van der Waals surface area (Å²) in [6.45, 7) is 4.66. The monoisotopic (exact) mass is 367 g/mol. The number of carbonyl (C=O) groups excluding carboxylic acids is 2. The van der Waals surface area contributed by atoms with Crippen LogP contribution in [0.2, 0.25) is 0 Å². The molecule has 25 heavy (non-hydrogen) atoms. The van der Waals surface area contributed by atoms with Crippen LogP contribution in [0.3, 0.4) is 0 Å². The average molecular weight is 368 g/mol. The normalized spacial score (nSPS) is 19.2. The largest absolute Gasteiger partial charge is 0.333 e. The number of nitrogens with zero attached hydrogens (tertiary/aromatic N) is 1. The van der Waals surface area contributed by atoms with Crippen LogP contribution in [0.15, 0.2) is 24.3 Å². The van der Waals surface area contributed by atoms with E-state index in [9.17, 15) is 9.59 Å². The topological polar surface area (TPSA) is 75.4 Å². The lowest BCUT2D eigenvalue weighted by molar-refractivity contribution is -0.135. The zero-order valence-electron chi connectivity index (χ0n) is 15.2. The first kappa shape index (κ1) is 21.5. The summed E-state index contributed by atoms with van der Waals surface area (Å²) in [6, 6.07) is 7.77. The molecule has 6 heteroatoms. The summed E-state index contributed by atoms with van der Waals surface area (Å²) in [6.07, 6.45) is 4.40. The highest BCUT2D eigenvalue weighted by Gasteiger charge is 2.28. The van der Waals surface area contributed by atoms with Crippen LogP contribution in [0, 0.1) is 12.8 Å². The first-order valence-corrected chi connectivity index (χ1v) is 8.90. The Bertz CT molecular complexity index is 580. The molecule has 0 aliphatic heterocycles. The number of nitrogens with one attached hydrogen (secondary N) is 1. The number of hydrogen-bond donors (Lipinski definition) is 2. The molecule has 0 bridgehead atoms. The lowest BCUT2D eigenvalue weighted by atomic mass is 9.99. The van der Waals surface area contributed by atoms with E-state index in [4.69, 9.17) is 5.73 Å². The third kappa shape index (κ3) is 6.33. The van der Waals surface area contributed by atoms with E-state index < -0.39 is 0 Å². The number of para-hydroxylation sites is 1. The molecule has 0 spiro atoms. The number of halogens is 1. The first-order valence-electron chi connectivity index (χ1n) is 8.90. The fourth-order valence-corrected chi connectivity index (χ4v) is 3.31. The molecule has 1 aliphatic carbocycles. The van der Waals surface area contributed by atoms with Crippen molar-refractivity contribution in [3.05, 3.63) is 29.8 Å². The maximum atomic E-state index is 12.6. The van der Waals surface area contributed by atoms with Crippen molar-refractivity contribution >= 4 is 29.9 Å². The molecule has 5 nitrogen and oxygen atoms in total. The Morgan fingerprint density at radius 1 is 1.28 bits per heavy atom.